The SMILES string of the molecule is CCSCCCn1ccc2cc(Cl)ccc21. The Morgan fingerprint density at radius 2 is 2.19 bits per heavy atom. The lowest BCUT2D eigenvalue weighted by molar-refractivity contribution is 0.709. The minimum atomic E-state index is 0.812. The van der Waals surface area contributed by atoms with Gasteiger partial charge in [-0.25, -0.2) is 0 Å². The van der Waals surface area contributed by atoms with Gasteiger partial charge in [-0.3, -0.25) is 0 Å². The van der Waals surface area contributed by atoms with E-state index in [-0.39, 0.29) is 0 Å². The third kappa shape index (κ3) is 2.74. The Bertz CT molecular complexity index is 464. The second-order valence-electron chi connectivity index (χ2n) is 3.76. The average Bonchev–Trinajstić information content (AvgIpc) is 2.67. The van der Waals surface area contributed by atoms with Gasteiger partial charge < -0.3 is 4.57 Å². The molecule has 0 amide bonds. The van der Waals surface area contributed by atoms with Crippen LogP contribution in [-0.4, -0.2) is 16.1 Å². The molecule has 2 aromatic rings. The first-order valence-corrected chi connectivity index (χ1v) is 7.16. The van der Waals surface area contributed by atoms with E-state index in [1.165, 1.54) is 28.8 Å². The highest BCUT2D eigenvalue weighted by molar-refractivity contribution is 7.99. The summed E-state index contributed by atoms with van der Waals surface area (Å²) in [5, 5.41) is 2.04. The molecule has 0 bridgehead atoms. The second kappa shape index (κ2) is 5.65. The van der Waals surface area contributed by atoms with Crippen LogP contribution in [0.1, 0.15) is 13.3 Å². The molecule has 0 radical (unpaired) electrons. The molecule has 0 saturated carbocycles. The molecule has 1 heterocycles. The third-order valence-electron chi connectivity index (χ3n) is 2.62. The largest absolute Gasteiger partial charge is 0.347 e. The van der Waals surface area contributed by atoms with E-state index in [9.17, 15) is 0 Å². The quantitative estimate of drug-likeness (QED) is 0.714. The summed E-state index contributed by atoms with van der Waals surface area (Å²) in [7, 11) is 0. The second-order valence-corrected chi connectivity index (χ2v) is 5.59. The van der Waals surface area contributed by atoms with Gasteiger partial charge in [-0.15, -0.1) is 0 Å². The van der Waals surface area contributed by atoms with Crippen molar-refractivity contribution in [2.75, 3.05) is 11.5 Å². The Morgan fingerprint density at radius 3 is 3.00 bits per heavy atom. The van der Waals surface area contributed by atoms with Crippen LogP contribution in [0.3, 0.4) is 0 Å². The van der Waals surface area contributed by atoms with Crippen molar-refractivity contribution in [3.05, 3.63) is 35.5 Å². The maximum Gasteiger partial charge on any atom is 0.0481 e. The first-order valence-electron chi connectivity index (χ1n) is 5.63. The highest BCUT2D eigenvalue weighted by atomic mass is 35.5. The molecule has 0 aliphatic rings. The molecule has 0 atom stereocenters. The molecule has 0 spiro atoms. The minimum Gasteiger partial charge on any atom is -0.347 e. The number of nitrogens with zero attached hydrogens (tertiary/aromatic N) is 1. The Labute approximate surface area is 106 Å². The molecule has 0 aliphatic carbocycles. The zero-order chi connectivity index (χ0) is 11.4. The summed E-state index contributed by atoms with van der Waals surface area (Å²) in [6.45, 7) is 3.30. The number of hydrogen-bond acceptors (Lipinski definition) is 1. The van der Waals surface area contributed by atoms with Gasteiger partial charge in [-0.05, 0) is 42.2 Å². The Balaban J connectivity index is 2.07. The van der Waals surface area contributed by atoms with Crippen LogP contribution in [-0.2, 0) is 6.54 Å². The van der Waals surface area contributed by atoms with Gasteiger partial charge in [0.05, 0.1) is 0 Å². The van der Waals surface area contributed by atoms with Crippen LogP contribution >= 0.6 is 23.4 Å². The lowest BCUT2D eigenvalue weighted by Crippen LogP contribution is -1.97. The predicted octanol–water partition coefficient (Wildman–Crippen LogP) is 4.44. The predicted molar refractivity (Wildman–Crippen MR) is 74.6 cm³/mol. The van der Waals surface area contributed by atoms with Crippen LogP contribution < -0.4 is 0 Å². The lowest BCUT2D eigenvalue weighted by atomic mass is 10.2. The fraction of sp³-hybridized carbons (Fsp3) is 0.385. The molecular weight excluding hydrogens is 238 g/mol. The smallest absolute Gasteiger partial charge is 0.0481 e. The number of thioether (sulfide) groups is 1. The molecule has 1 nitrogen and oxygen atoms in total. The van der Waals surface area contributed by atoms with E-state index < -0.39 is 0 Å². The van der Waals surface area contributed by atoms with E-state index in [1.807, 2.05) is 23.9 Å². The lowest BCUT2D eigenvalue weighted by Gasteiger charge is -2.04. The van der Waals surface area contributed by atoms with Crippen LogP contribution in [0.5, 0.6) is 0 Å². The third-order valence-corrected chi connectivity index (χ3v) is 3.85. The van der Waals surface area contributed by atoms with Gasteiger partial charge in [0, 0.05) is 28.7 Å². The number of aromatic nitrogens is 1. The Morgan fingerprint density at radius 1 is 1.31 bits per heavy atom. The van der Waals surface area contributed by atoms with Gasteiger partial charge in [0.25, 0.3) is 0 Å². The molecule has 86 valence electrons. The summed E-state index contributed by atoms with van der Waals surface area (Å²) in [4.78, 5) is 0. The molecule has 0 saturated heterocycles. The monoisotopic (exact) mass is 253 g/mol. The van der Waals surface area contributed by atoms with Crippen LogP contribution in [0, 0.1) is 0 Å². The van der Waals surface area contributed by atoms with Crippen LogP contribution in [0.2, 0.25) is 5.02 Å². The number of halogens is 1. The average molecular weight is 254 g/mol. The van der Waals surface area contributed by atoms with Crippen molar-refractivity contribution >= 4 is 34.3 Å². The zero-order valence-corrected chi connectivity index (χ0v) is 11.0. The summed E-state index contributed by atoms with van der Waals surface area (Å²) in [5.74, 6) is 2.45. The molecule has 0 fully saturated rings. The standard InChI is InChI=1S/C13H16ClNS/c1-2-16-9-3-7-15-8-6-11-10-12(14)4-5-13(11)15/h4-6,8,10H,2-3,7,9H2,1H3. The number of hydrogen-bond donors (Lipinski definition) is 0. The summed E-state index contributed by atoms with van der Waals surface area (Å²) >= 11 is 7.96. The summed E-state index contributed by atoms with van der Waals surface area (Å²) < 4.78 is 2.31. The number of benzene rings is 1. The maximum absolute atomic E-state index is 5.96. The zero-order valence-electron chi connectivity index (χ0n) is 9.45. The van der Waals surface area contributed by atoms with Crippen LogP contribution in [0.25, 0.3) is 10.9 Å². The van der Waals surface area contributed by atoms with E-state index in [0.29, 0.717) is 0 Å². The van der Waals surface area contributed by atoms with Gasteiger partial charge in [0.2, 0.25) is 0 Å². The van der Waals surface area contributed by atoms with E-state index >= 15 is 0 Å². The first-order chi connectivity index (χ1) is 7.81. The van der Waals surface area contributed by atoms with E-state index in [4.69, 9.17) is 11.6 Å². The first kappa shape index (κ1) is 11.9. The van der Waals surface area contributed by atoms with E-state index in [2.05, 4.69) is 29.8 Å². The maximum atomic E-state index is 5.96. The van der Waals surface area contributed by atoms with Crippen LogP contribution in [0.15, 0.2) is 30.5 Å². The number of aryl methyl sites for hydroxylation is 1. The number of fused-ring (bicyclic) bond motifs is 1. The van der Waals surface area contributed by atoms with Gasteiger partial charge in [-0.2, -0.15) is 11.8 Å². The molecule has 3 heteroatoms. The van der Waals surface area contributed by atoms with Crippen molar-refractivity contribution in [3.8, 4) is 0 Å². The molecule has 1 aromatic heterocycles. The highest BCUT2D eigenvalue weighted by Crippen LogP contribution is 2.20. The molecule has 0 unspecified atom stereocenters. The molecular formula is C13H16ClNS. The van der Waals surface area contributed by atoms with Crippen molar-refractivity contribution in [3.63, 3.8) is 0 Å². The molecule has 2 rings (SSSR count). The van der Waals surface area contributed by atoms with Crippen molar-refractivity contribution in [1.82, 2.24) is 4.57 Å². The van der Waals surface area contributed by atoms with Gasteiger partial charge >= 0.3 is 0 Å². The summed E-state index contributed by atoms with van der Waals surface area (Å²) in [6, 6.07) is 8.22. The fourth-order valence-corrected chi connectivity index (χ4v) is 2.65. The topological polar surface area (TPSA) is 4.93 Å². The van der Waals surface area contributed by atoms with Crippen molar-refractivity contribution in [1.29, 1.82) is 0 Å². The van der Waals surface area contributed by atoms with Crippen LogP contribution in [0.4, 0.5) is 0 Å². The minimum absolute atomic E-state index is 0.812. The molecule has 1 aromatic carbocycles. The Kier molecular flexibility index (Phi) is 4.19. The van der Waals surface area contributed by atoms with Crippen molar-refractivity contribution in [2.24, 2.45) is 0 Å². The van der Waals surface area contributed by atoms with E-state index in [0.717, 1.165) is 11.6 Å². The van der Waals surface area contributed by atoms with Crippen molar-refractivity contribution < 1.29 is 0 Å². The molecule has 0 aliphatic heterocycles. The van der Waals surface area contributed by atoms with Gasteiger partial charge in [0.1, 0.15) is 0 Å². The van der Waals surface area contributed by atoms with Crippen molar-refractivity contribution in [2.45, 2.75) is 19.9 Å². The normalized spacial score (nSPS) is 11.1. The number of rotatable bonds is 5. The fourth-order valence-electron chi connectivity index (χ4n) is 1.85. The Hall–Kier alpha value is -0.600. The van der Waals surface area contributed by atoms with Gasteiger partial charge in [-0.1, -0.05) is 18.5 Å². The highest BCUT2D eigenvalue weighted by Gasteiger charge is 2.00. The summed E-state index contributed by atoms with van der Waals surface area (Å²) in [6.07, 6.45) is 3.38. The van der Waals surface area contributed by atoms with E-state index in [1.54, 1.807) is 0 Å². The summed E-state index contributed by atoms with van der Waals surface area (Å²) in [5.41, 5.74) is 1.28. The van der Waals surface area contributed by atoms with Gasteiger partial charge in [0.15, 0.2) is 0 Å². The molecule has 0 N–H and O–H groups in total. The molecule has 16 heavy (non-hydrogen) atoms.